The number of nitrogens with one attached hydrogen (secondary N) is 1. The molecule has 0 aliphatic carbocycles. The van der Waals surface area contributed by atoms with Gasteiger partial charge in [0.25, 0.3) is 5.91 Å². The lowest BCUT2D eigenvalue weighted by Crippen LogP contribution is -2.40. The van der Waals surface area contributed by atoms with Crippen LogP contribution in [0.5, 0.6) is 17.2 Å². The molecular weight excluding hydrogens is 322 g/mol. The third kappa shape index (κ3) is 3.87. The van der Waals surface area contributed by atoms with Crippen LogP contribution in [0, 0.1) is 0 Å². The van der Waals surface area contributed by atoms with Gasteiger partial charge in [-0.05, 0) is 25.0 Å². The Bertz CT molecular complexity index is 671. The summed E-state index contributed by atoms with van der Waals surface area (Å²) >= 11 is 0. The van der Waals surface area contributed by atoms with Crippen molar-refractivity contribution in [1.82, 2.24) is 5.32 Å². The highest BCUT2D eigenvalue weighted by molar-refractivity contribution is 7.91. The molecule has 0 radical (unpaired) electrons. The molecule has 1 amide bonds. The number of benzene rings is 1. The Morgan fingerprint density at radius 3 is 2.17 bits per heavy atom. The molecule has 1 aromatic rings. The van der Waals surface area contributed by atoms with Gasteiger partial charge < -0.3 is 19.5 Å². The van der Waals surface area contributed by atoms with Crippen LogP contribution in [-0.2, 0) is 9.84 Å². The molecular formula is C15H21NO6S. The fraction of sp³-hybridized carbons (Fsp3) is 0.533. The number of hydrogen-bond acceptors (Lipinski definition) is 6. The Morgan fingerprint density at radius 1 is 1.04 bits per heavy atom. The van der Waals surface area contributed by atoms with E-state index in [0.717, 1.165) is 0 Å². The van der Waals surface area contributed by atoms with E-state index in [1.54, 1.807) is 12.1 Å². The van der Waals surface area contributed by atoms with Gasteiger partial charge in [0.2, 0.25) is 5.75 Å². The lowest BCUT2D eigenvalue weighted by atomic mass is 10.1. The van der Waals surface area contributed by atoms with Crippen LogP contribution < -0.4 is 19.5 Å². The van der Waals surface area contributed by atoms with Crippen molar-refractivity contribution in [1.29, 1.82) is 0 Å². The lowest BCUT2D eigenvalue weighted by Gasteiger charge is -2.23. The maximum absolute atomic E-state index is 12.5. The van der Waals surface area contributed by atoms with Gasteiger partial charge in [-0.2, -0.15) is 0 Å². The second kappa shape index (κ2) is 7.08. The Kier molecular flexibility index (Phi) is 5.35. The van der Waals surface area contributed by atoms with Crippen LogP contribution >= 0.6 is 0 Å². The molecule has 8 heteroatoms. The summed E-state index contributed by atoms with van der Waals surface area (Å²) in [4.78, 5) is 12.5. The van der Waals surface area contributed by atoms with E-state index in [9.17, 15) is 13.2 Å². The first-order valence-corrected chi connectivity index (χ1v) is 9.04. The summed E-state index contributed by atoms with van der Waals surface area (Å²) in [5.41, 5.74) is 0.318. The van der Waals surface area contributed by atoms with E-state index < -0.39 is 9.84 Å². The van der Waals surface area contributed by atoms with Crippen LogP contribution in [0.2, 0.25) is 0 Å². The van der Waals surface area contributed by atoms with E-state index in [2.05, 4.69) is 5.32 Å². The van der Waals surface area contributed by atoms with Crippen molar-refractivity contribution in [3.05, 3.63) is 17.7 Å². The van der Waals surface area contributed by atoms with E-state index in [4.69, 9.17) is 14.2 Å². The SMILES string of the molecule is COc1ccc(C(=O)NC2CCS(=O)(=O)CC2)c(OC)c1OC. The molecule has 1 N–H and O–H groups in total. The standard InChI is InChI=1S/C15H21NO6S/c1-20-12-5-4-11(13(21-2)14(12)22-3)15(17)16-10-6-8-23(18,19)9-7-10/h4-5,10H,6-9H2,1-3H3,(H,16,17). The molecule has 1 aliphatic rings. The summed E-state index contributed by atoms with van der Waals surface area (Å²) in [7, 11) is 1.45. The van der Waals surface area contributed by atoms with Crippen molar-refractivity contribution in [3.63, 3.8) is 0 Å². The topological polar surface area (TPSA) is 90.9 Å². The molecule has 2 rings (SSSR count). The molecule has 1 fully saturated rings. The second-order valence-electron chi connectivity index (χ2n) is 5.28. The zero-order chi connectivity index (χ0) is 17.0. The van der Waals surface area contributed by atoms with Crippen molar-refractivity contribution >= 4 is 15.7 Å². The predicted octanol–water partition coefficient (Wildman–Crippen LogP) is 1.02. The van der Waals surface area contributed by atoms with E-state index in [1.807, 2.05) is 0 Å². The molecule has 7 nitrogen and oxygen atoms in total. The van der Waals surface area contributed by atoms with E-state index >= 15 is 0 Å². The molecule has 0 aromatic heterocycles. The van der Waals surface area contributed by atoms with Gasteiger partial charge in [-0.25, -0.2) is 8.42 Å². The molecule has 0 saturated carbocycles. The number of hydrogen-bond donors (Lipinski definition) is 1. The number of methoxy groups -OCH3 is 3. The van der Waals surface area contributed by atoms with E-state index in [-0.39, 0.29) is 29.2 Å². The van der Waals surface area contributed by atoms with Crippen LogP contribution in [0.4, 0.5) is 0 Å². The summed E-state index contributed by atoms with van der Waals surface area (Å²) in [5.74, 6) is 0.959. The van der Waals surface area contributed by atoms with Crippen molar-refractivity contribution in [2.24, 2.45) is 0 Å². The van der Waals surface area contributed by atoms with Crippen molar-refractivity contribution in [2.45, 2.75) is 18.9 Å². The maximum Gasteiger partial charge on any atom is 0.255 e. The quantitative estimate of drug-likeness (QED) is 0.858. The molecule has 0 bridgehead atoms. The summed E-state index contributed by atoms with van der Waals surface area (Å²) in [6.45, 7) is 0. The Morgan fingerprint density at radius 2 is 1.65 bits per heavy atom. The van der Waals surface area contributed by atoms with Gasteiger partial charge in [-0.3, -0.25) is 4.79 Å². The number of carbonyl (C=O) groups is 1. The Hall–Kier alpha value is -1.96. The molecule has 23 heavy (non-hydrogen) atoms. The summed E-state index contributed by atoms with van der Waals surface area (Å²) in [5, 5.41) is 2.86. The molecule has 1 aromatic carbocycles. The van der Waals surface area contributed by atoms with Crippen LogP contribution in [0.1, 0.15) is 23.2 Å². The minimum Gasteiger partial charge on any atom is -0.493 e. The average Bonchev–Trinajstić information content (AvgIpc) is 2.54. The van der Waals surface area contributed by atoms with Gasteiger partial charge in [0.1, 0.15) is 9.84 Å². The summed E-state index contributed by atoms with van der Waals surface area (Å²) < 4.78 is 38.6. The number of carbonyl (C=O) groups excluding carboxylic acids is 1. The normalized spacial score (nSPS) is 17.3. The Balaban J connectivity index is 2.19. The second-order valence-corrected chi connectivity index (χ2v) is 7.59. The highest BCUT2D eigenvalue weighted by Gasteiger charge is 2.27. The van der Waals surface area contributed by atoms with Gasteiger partial charge in [0.05, 0.1) is 38.4 Å². The van der Waals surface area contributed by atoms with Crippen LogP contribution in [0.25, 0.3) is 0 Å². The molecule has 128 valence electrons. The van der Waals surface area contributed by atoms with Gasteiger partial charge in [-0.1, -0.05) is 0 Å². The molecule has 1 saturated heterocycles. The molecule has 0 spiro atoms. The number of sulfone groups is 1. The fourth-order valence-electron chi connectivity index (χ4n) is 2.58. The molecule has 1 aliphatic heterocycles. The smallest absolute Gasteiger partial charge is 0.255 e. The number of amides is 1. The molecule has 0 unspecified atom stereocenters. The first-order valence-electron chi connectivity index (χ1n) is 7.22. The van der Waals surface area contributed by atoms with Gasteiger partial charge in [-0.15, -0.1) is 0 Å². The van der Waals surface area contributed by atoms with Crippen molar-refractivity contribution in [3.8, 4) is 17.2 Å². The van der Waals surface area contributed by atoms with Gasteiger partial charge in [0, 0.05) is 6.04 Å². The maximum atomic E-state index is 12.5. The average molecular weight is 343 g/mol. The minimum absolute atomic E-state index is 0.0982. The lowest BCUT2D eigenvalue weighted by molar-refractivity contribution is 0.0930. The Labute approximate surface area is 135 Å². The third-order valence-corrected chi connectivity index (χ3v) is 5.55. The molecule has 0 atom stereocenters. The zero-order valence-corrected chi connectivity index (χ0v) is 14.2. The summed E-state index contributed by atoms with van der Waals surface area (Å²) in [6, 6.07) is 3.06. The highest BCUT2D eigenvalue weighted by atomic mass is 32.2. The number of rotatable bonds is 5. The number of ether oxygens (including phenoxy) is 3. The van der Waals surface area contributed by atoms with Crippen LogP contribution in [0.3, 0.4) is 0 Å². The van der Waals surface area contributed by atoms with Gasteiger partial charge in [0.15, 0.2) is 11.5 Å². The van der Waals surface area contributed by atoms with Crippen molar-refractivity contribution < 1.29 is 27.4 Å². The first kappa shape index (κ1) is 17.4. The van der Waals surface area contributed by atoms with Crippen molar-refractivity contribution in [2.75, 3.05) is 32.8 Å². The predicted molar refractivity (Wildman–Crippen MR) is 85.2 cm³/mol. The van der Waals surface area contributed by atoms with E-state index in [0.29, 0.717) is 29.9 Å². The first-order chi connectivity index (χ1) is 10.9. The largest absolute Gasteiger partial charge is 0.493 e. The molecule has 1 heterocycles. The minimum atomic E-state index is -2.96. The summed E-state index contributed by atoms with van der Waals surface area (Å²) in [6.07, 6.45) is 0.841. The van der Waals surface area contributed by atoms with E-state index in [1.165, 1.54) is 21.3 Å². The van der Waals surface area contributed by atoms with Crippen LogP contribution in [-0.4, -0.2) is 53.2 Å². The monoisotopic (exact) mass is 343 g/mol. The fourth-order valence-corrected chi connectivity index (χ4v) is 4.07. The van der Waals surface area contributed by atoms with Gasteiger partial charge >= 0.3 is 0 Å². The van der Waals surface area contributed by atoms with Crippen LogP contribution in [0.15, 0.2) is 12.1 Å². The zero-order valence-electron chi connectivity index (χ0n) is 13.4. The highest BCUT2D eigenvalue weighted by Crippen LogP contribution is 2.39. The third-order valence-electron chi connectivity index (χ3n) is 3.84.